The highest BCUT2D eigenvalue weighted by Gasteiger charge is 2.26. The van der Waals surface area contributed by atoms with Gasteiger partial charge in [-0.05, 0) is 62.1 Å². The number of amides is 1. The topological polar surface area (TPSA) is 79.6 Å². The van der Waals surface area contributed by atoms with Gasteiger partial charge in [0.25, 0.3) is 5.91 Å². The van der Waals surface area contributed by atoms with E-state index in [1.165, 1.54) is 0 Å². The monoisotopic (exact) mass is 474 g/mol. The second-order valence-electron chi connectivity index (χ2n) is 8.16. The number of sulfonamides is 1. The molecule has 0 saturated carbocycles. The molecule has 0 radical (unpaired) electrons. The standard InChI is InChI=1S/C24H27ClN2O4S/c1-17-21-16-20(32(29,30)27-14-4-2-3-5-15-27)10-11-22(21)31-23(17)24(28)26-13-12-18-6-8-19(25)9-7-18/h6-11,16H,2-5,12-15H2,1H3,(H,26,28). The number of furan rings is 1. The maximum Gasteiger partial charge on any atom is 0.287 e. The zero-order chi connectivity index (χ0) is 22.7. The van der Waals surface area contributed by atoms with Crippen molar-refractivity contribution in [2.75, 3.05) is 19.6 Å². The quantitative estimate of drug-likeness (QED) is 0.549. The lowest BCUT2D eigenvalue weighted by molar-refractivity contribution is 0.0927. The molecule has 1 fully saturated rings. The summed E-state index contributed by atoms with van der Waals surface area (Å²) >= 11 is 5.90. The maximum absolute atomic E-state index is 13.1. The van der Waals surface area contributed by atoms with Gasteiger partial charge in [0.1, 0.15) is 5.58 Å². The molecule has 8 heteroatoms. The molecule has 6 nitrogen and oxygen atoms in total. The average molecular weight is 475 g/mol. The smallest absolute Gasteiger partial charge is 0.287 e. The van der Waals surface area contributed by atoms with Gasteiger partial charge >= 0.3 is 0 Å². The third-order valence-corrected chi connectivity index (χ3v) is 8.08. The van der Waals surface area contributed by atoms with Crippen LogP contribution in [0.5, 0.6) is 0 Å². The second kappa shape index (κ2) is 9.65. The van der Waals surface area contributed by atoms with Gasteiger partial charge in [-0.1, -0.05) is 36.6 Å². The van der Waals surface area contributed by atoms with Gasteiger partial charge in [-0.3, -0.25) is 4.79 Å². The van der Waals surface area contributed by atoms with Gasteiger partial charge in [-0.2, -0.15) is 4.31 Å². The van der Waals surface area contributed by atoms with E-state index in [4.69, 9.17) is 16.0 Å². The maximum atomic E-state index is 13.1. The van der Waals surface area contributed by atoms with Crippen molar-refractivity contribution in [3.8, 4) is 0 Å². The number of hydrogen-bond donors (Lipinski definition) is 1. The summed E-state index contributed by atoms with van der Waals surface area (Å²) in [5.41, 5.74) is 2.21. The molecule has 4 rings (SSSR count). The number of nitrogens with one attached hydrogen (secondary N) is 1. The Morgan fingerprint density at radius 1 is 1.06 bits per heavy atom. The molecule has 0 unspecified atom stereocenters. The minimum absolute atomic E-state index is 0.209. The fourth-order valence-electron chi connectivity index (χ4n) is 4.06. The first-order chi connectivity index (χ1) is 15.4. The molecule has 3 aromatic rings. The number of halogens is 1. The summed E-state index contributed by atoms with van der Waals surface area (Å²) < 4.78 is 33.6. The summed E-state index contributed by atoms with van der Waals surface area (Å²) in [5.74, 6) is -0.106. The lowest BCUT2D eigenvalue weighted by Crippen LogP contribution is -2.31. The Morgan fingerprint density at radius 3 is 2.44 bits per heavy atom. The Hall–Kier alpha value is -2.35. The van der Waals surface area contributed by atoms with E-state index in [1.807, 2.05) is 24.3 Å². The lowest BCUT2D eigenvalue weighted by atomic mass is 10.1. The molecule has 1 aliphatic rings. The zero-order valence-corrected chi connectivity index (χ0v) is 19.6. The van der Waals surface area contributed by atoms with Crippen LogP contribution in [0.15, 0.2) is 51.8 Å². The van der Waals surface area contributed by atoms with E-state index in [1.54, 1.807) is 29.4 Å². The summed E-state index contributed by atoms with van der Waals surface area (Å²) in [6, 6.07) is 12.3. The van der Waals surface area contributed by atoms with E-state index < -0.39 is 10.0 Å². The highest BCUT2D eigenvalue weighted by Crippen LogP contribution is 2.29. The van der Waals surface area contributed by atoms with E-state index in [0.717, 1.165) is 31.2 Å². The van der Waals surface area contributed by atoms with Crippen LogP contribution in [-0.4, -0.2) is 38.3 Å². The van der Waals surface area contributed by atoms with Crippen LogP contribution >= 0.6 is 11.6 Å². The van der Waals surface area contributed by atoms with Crippen LogP contribution in [0.2, 0.25) is 5.02 Å². The molecule has 2 heterocycles. The van der Waals surface area contributed by atoms with Crippen LogP contribution in [-0.2, 0) is 16.4 Å². The zero-order valence-electron chi connectivity index (χ0n) is 18.1. The molecular weight excluding hydrogens is 448 g/mol. The first-order valence-corrected chi connectivity index (χ1v) is 12.7. The molecule has 170 valence electrons. The van der Waals surface area contributed by atoms with Crippen molar-refractivity contribution in [2.45, 2.75) is 43.9 Å². The summed E-state index contributed by atoms with van der Waals surface area (Å²) in [7, 11) is -3.57. The molecule has 1 aliphatic heterocycles. The number of carbonyl (C=O) groups is 1. The van der Waals surface area contributed by atoms with Gasteiger partial charge < -0.3 is 9.73 Å². The Kier molecular flexibility index (Phi) is 6.88. The summed E-state index contributed by atoms with van der Waals surface area (Å²) in [4.78, 5) is 12.9. The fourth-order valence-corrected chi connectivity index (χ4v) is 5.73. The van der Waals surface area contributed by atoms with E-state index in [9.17, 15) is 13.2 Å². The lowest BCUT2D eigenvalue weighted by Gasteiger charge is -2.19. The number of fused-ring (bicyclic) bond motifs is 1. The van der Waals surface area contributed by atoms with Crippen LogP contribution in [0.3, 0.4) is 0 Å². The largest absolute Gasteiger partial charge is 0.451 e. The van der Waals surface area contributed by atoms with Crippen LogP contribution < -0.4 is 5.32 Å². The average Bonchev–Trinajstić information content (AvgIpc) is 2.95. The summed E-state index contributed by atoms with van der Waals surface area (Å²) in [6.45, 7) is 3.33. The second-order valence-corrected chi connectivity index (χ2v) is 10.5. The van der Waals surface area contributed by atoms with Gasteiger partial charge in [0.2, 0.25) is 10.0 Å². The SMILES string of the molecule is Cc1c(C(=O)NCCc2ccc(Cl)cc2)oc2ccc(S(=O)(=O)N3CCCCCC3)cc12. The van der Waals surface area contributed by atoms with Crippen LogP contribution in [0.4, 0.5) is 0 Å². The van der Waals surface area contributed by atoms with E-state index in [0.29, 0.717) is 47.6 Å². The molecule has 0 spiro atoms. The van der Waals surface area contributed by atoms with Crippen molar-refractivity contribution in [3.05, 3.63) is 64.4 Å². The first kappa shape index (κ1) is 22.8. The molecular formula is C24H27ClN2O4S. The van der Waals surface area contributed by atoms with E-state index in [2.05, 4.69) is 5.32 Å². The third-order valence-electron chi connectivity index (χ3n) is 5.93. The molecule has 0 aliphatic carbocycles. The van der Waals surface area contributed by atoms with Gasteiger partial charge in [0, 0.05) is 35.6 Å². The van der Waals surface area contributed by atoms with Crippen molar-refractivity contribution in [3.63, 3.8) is 0 Å². The van der Waals surface area contributed by atoms with Crippen LogP contribution in [0.1, 0.15) is 47.4 Å². The predicted octanol–water partition coefficient (Wildman–Crippen LogP) is 4.93. The normalized spacial score (nSPS) is 15.6. The van der Waals surface area contributed by atoms with E-state index in [-0.39, 0.29) is 16.6 Å². The van der Waals surface area contributed by atoms with Crippen molar-refractivity contribution < 1.29 is 17.6 Å². The summed E-state index contributed by atoms with van der Waals surface area (Å²) in [6.07, 6.45) is 4.55. The highest BCUT2D eigenvalue weighted by molar-refractivity contribution is 7.89. The Balaban J connectivity index is 1.50. The Bertz CT molecular complexity index is 1210. The first-order valence-electron chi connectivity index (χ1n) is 10.9. The molecule has 32 heavy (non-hydrogen) atoms. The van der Waals surface area contributed by atoms with Gasteiger partial charge in [0.15, 0.2) is 5.76 Å². The van der Waals surface area contributed by atoms with Gasteiger partial charge in [-0.15, -0.1) is 0 Å². The van der Waals surface area contributed by atoms with Crippen molar-refractivity contribution in [1.82, 2.24) is 9.62 Å². The van der Waals surface area contributed by atoms with Crippen LogP contribution in [0, 0.1) is 6.92 Å². The Morgan fingerprint density at radius 2 is 1.75 bits per heavy atom. The molecule has 1 aromatic heterocycles. The van der Waals surface area contributed by atoms with Crippen molar-refractivity contribution in [2.24, 2.45) is 0 Å². The third kappa shape index (κ3) is 4.85. The Labute approximate surface area is 193 Å². The van der Waals surface area contributed by atoms with Gasteiger partial charge in [-0.25, -0.2) is 8.42 Å². The number of rotatable bonds is 6. The number of aryl methyl sites for hydroxylation is 1. The summed E-state index contributed by atoms with van der Waals surface area (Å²) in [5, 5.41) is 4.19. The number of nitrogens with zero attached hydrogens (tertiary/aromatic N) is 1. The minimum atomic E-state index is -3.57. The van der Waals surface area contributed by atoms with Crippen molar-refractivity contribution in [1.29, 1.82) is 0 Å². The minimum Gasteiger partial charge on any atom is -0.451 e. The number of hydrogen-bond acceptors (Lipinski definition) is 4. The molecule has 1 amide bonds. The number of carbonyl (C=O) groups excluding carboxylic acids is 1. The molecule has 0 atom stereocenters. The van der Waals surface area contributed by atoms with Crippen molar-refractivity contribution >= 4 is 38.5 Å². The highest BCUT2D eigenvalue weighted by atomic mass is 35.5. The fraction of sp³-hybridized carbons (Fsp3) is 0.375. The van der Waals surface area contributed by atoms with E-state index >= 15 is 0 Å². The molecule has 0 bridgehead atoms. The number of benzene rings is 2. The molecule has 1 saturated heterocycles. The van der Waals surface area contributed by atoms with Gasteiger partial charge in [0.05, 0.1) is 4.90 Å². The molecule has 2 aromatic carbocycles. The van der Waals surface area contributed by atoms with Crippen LogP contribution in [0.25, 0.3) is 11.0 Å². The molecule has 1 N–H and O–H groups in total. The predicted molar refractivity (Wildman–Crippen MR) is 126 cm³/mol.